The average molecular weight is 358 g/mol. The van der Waals surface area contributed by atoms with Gasteiger partial charge in [0, 0.05) is 25.7 Å². The van der Waals surface area contributed by atoms with Gasteiger partial charge in [0.2, 0.25) is 11.8 Å². The molecule has 25 heavy (non-hydrogen) atoms. The number of nitrogens with one attached hydrogen (secondary N) is 1. The number of aromatic nitrogens is 1. The molecule has 2 amide bonds. The molecule has 1 aliphatic heterocycles. The Morgan fingerprint density at radius 3 is 2.84 bits per heavy atom. The van der Waals surface area contributed by atoms with Crippen LogP contribution in [-0.4, -0.2) is 34.8 Å². The number of rotatable bonds is 5. The monoisotopic (exact) mass is 357 g/mol. The molecule has 0 spiro atoms. The standard InChI is InChI=1S/C19H20ClN3O2/c1-13-9-16(20)11-21-18(13)22-19(25)15-10-17(24)23(12-15)8-7-14-5-3-2-4-6-14/h2-6,9,11,15H,7-8,10,12H2,1H3,(H,21,22,25). The molecular formula is C19H20ClN3O2. The molecule has 1 saturated heterocycles. The van der Waals surface area contributed by atoms with E-state index in [2.05, 4.69) is 10.3 Å². The van der Waals surface area contributed by atoms with Crippen LogP contribution in [0.25, 0.3) is 0 Å². The predicted molar refractivity (Wildman–Crippen MR) is 97.4 cm³/mol. The number of anilines is 1. The summed E-state index contributed by atoms with van der Waals surface area (Å²) in [4.78, 5) is 30.5. The van der Waals surface area contributed by atoms with E-state index in [9.17, 15) is 9.59 Å². The van der Waals surface area contributed by atoms with Crippen LogP contribution in [0, 0.1) is 12.8 Å². The normalized spacial score (nSPS) is 17.0. The molecule has 6 heteroatoms. The number of benzene rings is 1. The number of pyridine rings is 1. The topological polar surface area (TPSA) is 62.3 Å². The zero-order valence-corrected chi connectivity index (χ0v) is 14.8. The highest BCUT2D eigenvalue weighted by Crippen LogP contribution is 2.22. The SMILES string of the molecule is Cc1cc(Cl)cnc1NC(=O)C1CC(=O)N(CCc2ccccc2)C1. The van der Waals surface area contributed by atoms with E-state index in [0.717, 1.165) is 12.0 Å². The molecule has 1 aromatic carbocycles. The maximum absolute atomic E-state index is 12.5. The van der Waals surface area contributed by atoms with Gasteiger partial charge in [-0.3, -0.25) is 9.59 Å². The number of aryl methyl sites for hydroxylation is 1. The molecule has 1 fully saturated rings. The Balaban J connectivity index is 1.57. The Kier molecular flexibility index (Phi) is 5.34. The molecule has 1 aliphatic rings. The van der Waals surface area contributed by atoms with Gasteiger partial charge >= 0.3 is 0 Å². The van der Waals surface area contributed by atoms with E-state index in [0.29, 0.717) is 23.9 Å². The highest BCUT2D eigenvalue weighted by Gasteiger charge is 2.34. The van der Waals surface area contributed by atoms with Crippen molar-refractivity contribution in [2.75, 3.05) is 18.4 Å². The fourth-order valence-corrected chi connectivity index (χ4v) is 3.18. The van der Waals surface area contributed by atoms with Crippen LogP contribution < -0.4 is 5.32 Å². The zero-order chi connectivity index (χ0) is 17.8. The van der Waals surface area contributed by atoms with Gasteiger partial charge in [0.1, 0.15) is 5.82 Å². The van der Waals surface area contributed by atoms with Crippen LogP contribution in [-0.2, 0) is 16.0 Å². The molecule has 130 valence electrons. The molecule has 2 aromatic rings. The van der Waals surface area contributed by atoms with Crippen molar-refractivity contribution in [3.63, 3.8) is 0 Å². The fraction of sp³-hybridized carbons (Fsp3) is 0.316. The number of carbonyl (C=O) groups is 2. The van der Waals surface area contributed by atoms with Crippen molar-refractivity contribution in [2.45, 2.75) is 19.8 Å². The summed E-state index contributed by atoms with van der Waals surface area (Å²) in [5, 5.41) is 3.33. The van der Waals surface area contributed by atoms with Gasteiger partial charge in [0.15, 0.2) is 0 Å². The molecule has 0 saturated carbocycles. The lowest BCUT2D eigenvalue weighted by atomic mass is 10.1. The second-order valence-electron chi connectivity index (χ2n) is 6.28. The first-order valence-corrected chi connectivity index (χ1v) is 8.65. The van der Waals surface area contributed by atoms with Crippen molar-refractivity contribution in [3.05, 3.63) is 58.7 Å². The lowest BCUT2D eigenvalue weighted by Gasteiger charge is -2.16. The number of hydrogen-bond acceptors (Lipinski definition) is 3. The Morgan fingerprint density at radius 2 is 2.12 bits per heavy atom. The summed E-state index contributed by atoms with van der Waals surface area (Å²) in [6.07, 6.45) is 2.53. The third kappa shape index (κ3) is 4.37. The Hall–Kier alpha value is -2.40. The van der Waals surface area contributed by atoms with Crippen LogP contribution in [0.2, 0.25) is 5.02 Å². The highest BCUT2D eigenvalue weighted by molar-refractivity contribution is 6.30. The van der Waals surface area contributed by atoms with Crippen molar-refractivity contribution in [2.24, 2.45) is 5.92 Å². The number of amides is 2. The second kappa shape index (κ2) is 7.66. The van der Waals surface area contributed by atoms with Crippen molar-refractivity contribution in [3.8, 4) is 0 Å². The number of likely N-dealkylation sites (tertiary alicyclic amines) is 1. The molecule has 2 heterocycles. The van der Waals surface area contributed by atoms with E-state index in [1.54, 1.807) is 11.0 Å². The minimum atomic E-state index is -0.347. The molecular weight excluding hydrogens is 338 g/mol. The quantitative estimate of drug-likeness (QED) is 0.894. The van der Waals surface area contributed by atoms with E-state index in [1.165, 1.54) is 11.8 Å². The lowest BCUT2D eigenvalue weighted by Crippen LogP contribution is -2.30. The minimum absolute atomic E-state index is 0.0249. The van der Waals surface area contributed by atoms with Crippen molar-refractivity contribution in [1.29, 1.82) is 0 Å². The molecule has 5 nitrogen and oxygen atoms in total. The second-order valence-corrected chi connectivity index (χ2v) is 6.72. The van der Waals surface area contributed by atoms with Crippen molar-refractivity contribution < 1.29 is 9.59 Å². The van der Waals surface area contributed by atoms with Gasteiger partial charge in [0.25, 0.3) is 0 Å². The first kappa shape index (κ1) is 17.4. The summed E-state index contributed by atoms with van der Waals surface area (Å²) in [7, 11) is 0. The maximum Gasteiger partial charge on any atom is 0.230 e. The summed E-state index contributed by atoms with van der Waals surface area (Å²) in [6, 6.07) is 11.8. The zero-order valence-electron chi connectivity index (χ0n) is 14.0. The number of halogens is 1. The van der Waals surface area contributed by atoms with Gasteiger partial charge in [-0.15, -0.1) is 0 Å². The summed E-state index contributed by atoms with van der Waals surface area (Å²) < 4.78 is 0. The molecule has 3 rings (SSSR count). The van der Waals surface area contributed by atoms with Crippen molar-refractivity contribution >= 4 is 29.2 Å². The average Bonchev–Trinajstić information content (AvgIpc) is 2.97. The van der Waals surface area contributed by atoms with Gasteiger partial charge in [-0.1, -0.05) is 41.9 Å². The van der Waals surface area contributed by atoms with E-state index >= 15 is 0 Å². The number of nitrogens with zero attached hydrogens (tertiary/aromatic N) is 2. The third-order valence-corrected chi connectivity index (χ3v) is 4.59. The summed E-state index contributed by atoms with van der Waals surface area (Å²) in [5.74, 6) is -0.00455. The van der Waals surface area contributed by atoms with Crippen LogP contribution in [0.15, 0.2) is 42.6 Å². The van der Waals surface area contributed by atoms with E-state index in [1.807, 2.05) is 37.3 Å². The molecule has 1 unspecified atom stereocenters. The molecule has 1 aromatic heterocycles. The van der Waals surface area contributed by atoms with Gasteiger partial charge < -0.3 is 10.2 Å². The van der Waals surface area contributed by atoms with Crippen LogP contribution in [0.4, 0.5) is 5.82 Å². The summed E-state index contributed by atoms with van der Waals surface area (Å²) in [5.41, 5.74) is 1.98. The van der Waals surface area contributed by atoms with E-state index < -0.39 is 0 Å². The minimum Gasteiger partial charge on any atom is -0.342 e. The molecule has 1 N–H and O–H groups in total. The summed E-state index contributed by atoms with van der Waals surface area (Å²) >= 11 is 5.88. The van der Waals surface area contributed by atoms with Crippen LogP contribution >= 0.6 is 11.6 Å². The highest BCUT2D eigenvalue weighted by atomic mass is 35.5. The molecule has 0 radical (unpaired) electrons. The van der Waals surface area contributed by atoms with E-state index in [4.69, 9.17) is 11.6 Å². The summed E-state index contributed by atoms with van der Waals surface area (Å²) in [6.45, 7) is 2.91. The van der Waals surface area contributed by atoms with E-state index in [-0.39, 0.29) is 24.2 Å². The van der Waals surface area contributed by atoms with Gasteiger partial charge in [-0.25, -0.2) is 4.98 Å². The maximum atomic E-state index is 12.5. The first-order valence-electron chi connectivity index (χ1n) is 8.27. The largest absolute Gasteiger partial charge is 0.342 e. The molecule has 0 bridgehead atoms. The van der Waals surface area contributed by atoms with Crippen molar-refractivity contribution in [1.82, 2.24) is 9.88 Å². The predicted octanol–water partition coefficient (Wildman–Crippen LogP) is 3.07. The number of hydrogen-bond donors (Lipinski definition) is 1. The third-order valence-electron chi connectivity index (χ3n) is 4.39. The number of carbonyl (C=O) groups excluding carboxylic acids is 2. The Morgan fingerprint density at radius 1 is 1.36 bits per heavy atom. The van der Waals surface area contributed by atoms with Gasteiger partial charge in [-0.05, 0) is 30.5 Å². The Labute approximate surface area is 152 Å². The van der Waals surface area contributed by atoms with Gasteiger partial charge in [-0.2, -0.15) is 0 Å². The van der Waals surface area contributed by atoms with Crippen LogP contribution in [0.3, 0.4) is 0 Å². The molecule has 0 aliphatic carbocycles. The smallest absolute Gasteiger partial charge is 0.230 e. The Bertz CT molecular complexity index is 779. The van der Waals surface area contributed by atoms with Gasteiger partial charge in [0.05, 0.1) is 10.9 Å². The molecule has 1 atom stereocenters. The van der Waals surface area contributed by atoms with Crippen LogP contribution in [0.5, 0.6) is 0 Å². The fourth-order valence-electron chi connectivity index (χ4n) is 2.96. The first-order chi connectivity index (χ1) is 12.0. The lowest BCUT2D eigenvalue weighted by molar-refractivity contribution is -0.128. The van der Waals surface area contributed by atoms with Crippen LogP contribution in [0.1, 0.15) is 17.5 Å².